The number of benzene rings is 1. The Morgan fingerprint density at radius 2 is 2.20 bits per heavy atom. The van der Waals surface area contributed by atoms with Gasteiger partial charge in [0.25, 0.3) is 0 Å². The number of carbonyl (C=O) groups excluding carboxylic acids is 1. The van der Waals surface area contributed by atoms with Crippen LogP contribution >= 0.6 is 23.2 Å². The second-order valence-electron chi connectivity index (χ2n) is 3.44. The standard InChI is InChI=1S/C10H9Cl2NO2/c11-6-1-2-9(14)8(3-6)13-5-7(12)4-10(13)15/h1-3,7,14H,4-5H2. The fourth-order valence-electron chi connectivity index (χ4n) is 1.61. The van der Waals surface area contributed by atoms with Crippen LogP contribution in [-0.2, 0) is 4.79 Å². The summed E-state index contributed by atoms with van der Waals surface area (Å²) in [5, 5.41) is 9.89. The van der Waals surface area contributed by atoms with Crippen LogP contribution in [0.3, 0.4) is 0 Å². The molecule has 0 spiro atoms. The normalized spacial score (nSPS) is 21.1. The highest BCUT2D eigenvalue weighted by Crippen LogP contribution is 2.33. The van der Waals surface area contributed by atoms with Gasteiger partial charge in [-0.05, 0) is 18.2 Å². The van der Waals surface area contributed by atoms with Crippen LogP contribution in [0, 0.1) is 0 Å². The third-order valence-corrected chi connectivity index (χ3v) is 2.83. The summed E-state index contributed by atoms with van der Waals surface area (Å²) in [5.41, 5.74) is 0.427. The van der Waals surface area contributed by atoms with Crippen LogP contribution in [0.25, 0.3) is 0 Å². The fourth-order valence-corrected chi connectivity index (χ4v) is 2.05. The Balaban J connectivity index is 2.37. The van der Waals surface area contributed by atoms with E-state index in [1.165, 1.54) is 11.0 Å². The summed E-state index contributed by atoms with van der Waals surface area (Å²) in [4.78, 5) is 13.0. The maximum Gasteiger partial charge on any atom is 0.228 e. The van der Waals surface area contributed by atoms with Crippen molar-refractivity contribution in [3.63, 3.8) is 0 Å². The molecule has 0 aliphatic carbocycles. The summed E-state index contributed by atoms with van der Waals surface area (Å²) in [7, 11) is 0. The molecule has 1 heterocycles. The molecule has 1 fully saturated rings. The van der Waals surface area contributed by atoms with Gasteiger partial charge in [-0.25, -0.2) is 0 Å². The Hall–Kier alpha value is -0.930. The molecule has 1 aromatic rings. The second-order valence-corrected chi connectivity index (χ2v) is 4.49. The average Bonchev–Trinajstić information content (AvgIpc) is 2.50. The number of anilines is 1. The van der Waals surface area contributed by atoms with Crippen molar-refractivity contribution in [2.75, 3.05) is 11.4 Å². The van der Waals surface area contributed by atoms with Crippen LogP contribution in [0.5, 0.6) is 5.75 Å². The number of amides is 1. The lowest BCUT2D eigenvalue weighted by Crippen LogP contribution is -2.24. The largest absolute Gasteiger partial charge is 0.506 e. The molecule has 0 radical (unpaired) electrons. The lowest BCUT2D eigenvalue weighted by molar-refractivity contribution is -0.117. The minimum atomic E-state index is -0.198. The Labute approximate surface area is 97.2 Å². The Bertz CT molecular complexity index is 408. The maximum atomic E-state index is 11.5. The highest BCUT2D eigenvalue weighted by atomic mass is 35.5. The van der Waals surface area contributed by atoms with E-state index in [4.69, 9.17) is 23.2 Å². The van der Waals surface area contributed by atoms with E-state index in [2.05, 4.69) is 0 Å². The summed E-state index contributed by atoms with van der Waals surface area (Å²) < 4.78 is 0. The minimum Gasteiger partial charge on any atom is -0.506 e. The topological polar surface area (TPSA) is 40.5 Å². The SMILES string of the molecule is O=C1CC(Cl)CN1c1cc(Cl)ccc1O. The monoisotopic (exact) mass is 245 g/mol. The van der Waals surface area contributed by atoms with Crippen molar-refractivity contribution in [2.24, 2.45) is 0 Å². The molecule has 1 N–H and O–H groups in total. The van der Waals surface area contributed by atoms with Crippen molar-refractivity contribution in [3.05, 3.63) is 23.2 Å². The van der Waals surface area contributed by atoms with E-state index >= 15 is 0 Å². The van der Waals surface area contributed by atoms with Crippen LogP contribution < -0.4 is 4.90 Å². The number of hydrogen-bond acceptors (Lipinski definition) is 2. The first-order chi connectivity index (χ1) is 7.08. The van der Waals surface area contributed by atoms with Crippen molar-refractivity contribution in [3.8, 4) is 5.75 Å². The van der Waals surface area contributed by atoms with E-state index in [9.17, 15) is 9.90 Å². The number of phenols is 1. The third kappa shape index (κ3) is 2.03. The number of carbonyl (C=O) groups is 1. The minimum absolute atomic E-state index is 0.0403. The zero-order chi connectivity index (χ0) is 11.0. The molecule has 1 aliphatic heterocycles. The molecule has 1 saturated heterocycles. The van der Waals surface area contributed by atoms with Gasteiger partial charge in [-0.3, -0.25) is 4.79 Å². The summed E-state index contributed by atoms with van der Waals surface area (Å²) in [6.07, 6.45) is 0.299. The first-order valence-electron chi connectivity index (χ1n) is 4.51. The van der Waals surface area contributed by atoms with Crippen LogP contribution in [0.4, 0.5) is 5.69 Å². The van der Waals surface area contributed by atoms with Crippen molar-refractivity contribution in [1.29, 1.82) is 0 Å². The molecule has 0 saturated carbocycles. The first kappa shape index (κ1) is 10.6. The Kier molecular flexibility index (Phi) is 2.76. The van der Waals surface area contributed by atoms with Crippen molar-refractivity contribution < 1.29 is 9.90 Å². The Morgan fingerprint density at radius 1 is 1.47 bits per heavy atom. The summed E-state index contributed by atoms with van der Waals surface area (Å²) in [6.45, 7) is 0.411. The molecule has 1 aromatic carbocycles. The van der Waals surface area contributed by atoms with E-state index in [0.717, 1.165) is 0 Å². The van der Waals surface area contributed by atoms with Gasteiger partial charge in [-0.15, -0.1) is 11.6 Å². The molecule has 80 valence electrons. The highest BCUT2D eigenvalue weighted by Gasteiger charge is 2.30. The quantitative estimate of drug-likeness (QED) is 0.773. The van der Waals surface area contributed by atoms with Gasteiger partial charge >= 0.3 is 0 Å². The molecule has 0 aromatic heterocycles. The summed E-state index contributed by atoms with van der Waals surface area (Å²) in [5.74, 6) is -0.0499. The lowest BCUT2D eigenvalue weighted by atomic mass is 10.2. The molecular formula is C10H9Cl2NO2. The van der Waals surface area contributed by atoms with Gasteiger partial charge in [0.2, 0.25) is 5.91 Å². The zero-order valence-electron chi connectivity index (χ0n) is 7.78. The van der Waals surface area contributed by atoms with E-state index in [-0.39, 0.29) is 17.0 Å². The summed E-state index contributed by atoms with van der Waals surface area (Å²) in [6, 6.07) is 4.59. The van der Waals surface area contributed by atoms with Gasteiger partial charge in [0, 0.05) is 18.0 Å². The maximum absolute atomic E-state index is 11.5. The molecule has 1 amide bonds. The summed E-state index contributed by atoms with van der Waals surface area (Å²) >= 11 is 11.7. The van der Waals surface area contributed by atoms with Crippen molar-refractivity contribution in [2.45, 2.75) is 11.8 Å². The Morgan fingerprint density at radius 3 is 2.80 bits per heavy atom. The van der Waals surface area contributed by atoms with Crippen molar-refractivity contribution >= 4 is 34.8 Å². The smallest absolute Gasteiger partial charge is 0.228 e. The molecule has 1 atom stereocenters. The second kappa shape index (κ2) is 3.91. The van der Waals surface area contributed by atoms with Gasteiger partial charge in [-0.1, -0.05) is 11.6 Å². The van der Waals surface area contributed by atoms with Gasteiger partial charge < -0.3 is 10.0 Å². The molecule has 2 rings (SSSR count). The van der Waals surface area contributed by atoms with Crippen LogP contribution in [0.2, 0.25) is 5.02 Å². The third-order valence-electron chi connectivity index (χ3n) is 2.31. The van der Waals surface area contributed by atoms with Crippen LogP contribution in [-0.4, -0.2) is 22.9 Å². The van der Waals surface area contributed by atoms with Gasteiger partial charge in [-0.2, -0.15) is 0 Å². The predicted octanol–water partition coefficient (Wildman–Crippen LogP) is 2.39. The molecule has 1 unspecified atom stereocenters. The average molecular weight is 246 g/mol. The number of rotatable bonds is 1. The van der Waals surface area contributed by atoms with E-state index < -0.39 is 0 Å². The number of aromatic hydroxyl groups is 1. The van der Waals surface area contributed by atoms with Crippen molar-refractivity contribution in [1.82, 2.24) is 0 Å². The molecule has 3 nitrogen and oxygen atoms in total. The van der Waals surface area contributed by atoms with Crippen LogP contribution in [0.1, 0.15) is 6.42 Å². The lowest BCUT2D eigenvalue weighted by Gasteiger charge is -2.17. The molecule has 5 heteroatoms. The van der Waals surface area contributed by atoms with E-state index in [1.54, 1.807) is 12.1 Å². The number of nitrogens with zero attached hydrogens (tertiary/aromatic N) is 1. The number of alkyl halides is 1. The molecular weight excluding hydrogens is 237 g/mol. The van der Waals surface area contributed by atoms with Gasteiger partial charge in [0.15, 0.2) is 0 Å². The van der Waals surface area contributed by atoms with Crippen LogP contribution in [0.15, 0.2) is 18.2 Å². The highest BCUT2D eigenvalue weighted by molar-refractivity contribution is 6.31. The predicted molar refractivity (Wildman–Crippen MR) is 59.7 cm³/mol. The zero-order valence-corrected chi connectivity index (χ0v) is 9.29. The molecule has 1 aliphatic rings. The van der Waals surface area contributed by atoms with E-state index in [0.29, 0.717) is 23.7 Å². The van der Waals surface area contributed by atoms with E-state index in [1.807, 2.05) is 0 Å². The van der Waals surface area contributed by atoms with Gasteiger partial charge in [0.1, 0.15) is 5.75 Å². The van der Waals surface area contributed by atoms with Gasteiger partial charge in [0.05, 0.1) is 11.1 Å². The number of halogens is 2. The molecule has 0 bridgehead atoms. The molecule has 15 heavy (non-hydrogen) atoms. The first-order valence-corrected chi connectivity index (χ1v) is 5.32. The number of hydrogen-bond donors (Lipinski definition) is 1. The number of phenolic OH excluding ortho intramolecular Hbond substituents is 1. The fraction of sp³-hybridized carbons (Fsp3) is 0.300.